The Bertz CT molecular complexity index is 554. The van der Waals surface area contributed by atoms with Crippen molar-refractivity contribution in [1.29, 1.82) is 0 Å². The molecule has 0 aromatic heterocycles. The van der Waals surface area contributed by atoms with Crippen LogP contribution in [0.2, 0.25) is 0 Å². The molecule has 3 rings (SSSR count). The lowest BCUT2D eigenvalue weighted by molar-refractivity contribution is 0.273. The normalized spacial score (nSPS) is 28.4. The van der Waals surface area contributed by atoms with Crippen LogP contribution in [-0.4, -0.2) is 0 Å². The fraction of sp³-hybridized carbons (Fsp3) is 0.800. The lowest BCUT2D eigenvalue weighted by Crippen LogP contribution is -2.16. The van der Waals surface area contributed by atoms with Gasteiger partial charge in [-0.25, -0.2) is 0 Å². The van der Waals surface area contributed by atoms with E-state index in [0.717, 1.165) is 29.6 Å². The Labute approximate surface area is 188 Å². The van der Waals surface area contributed by atoms with E-state index in [1.807, 2.05) is 0 Å². The number of hydrogen-bond donors (Lipinski definition) is 0. The number of rotatable bonds is 11. The average molecular weight is 411 g/mol. The molecular weight excluding hydrogens is 360 g/mol. The van der Waals surface area contributed by atoms with Crippen LogP contribution in [0.5, 0.6) is 0 Å². The van der Waals surface area contributed by atoms with Gasteiger partial charge < -0.3 is 0 Å². The molecule has 0 spiro atoms. The summed E-state index contributed by atoms with van der Waals surface area (Å²) in [6.45, 7) is 7.10. The Balaban J connectivity index is 1.38. The Morgan fingerprint density at radius 2 is 1.17 bits per heavy atom. The van der Waals surface area contributed by atoms with Crippen LogP contribution in [0.15, 0.2) is 24.3 Å². The second kappa shape index (κ2) is 12.9. The van der Waals surface area contributed by atoms with Gasteiger partial charge in [0, 0.05) is 0 Å². The molecule has 0 amide bonds. The molecule has 1 atom stereocenters. The molecule has 1 unspecified atom stereocenters. The highest BCUT2D eigenvalue weighted by atomic mass is 14.3. The van der Waals surface area contributed by atoms with E-state index in [9.17, 15) is 0 Å². The van der Waals surface area contributed by atoms with Gasteiger partial charge in [-0.3, -0.25) is 0 Å². The van der Waals surface area contributed by atoms with Crippen molar-refractivity contribution in [3.8, 4) is 0 Å². The quantitative estimate of drug-likeness (QED) is 0.318. The molecule has 0 bridgehead atoms. The van der Waals surface area contributed by atoms with Crippen molar-refractivity contribution >= 4 is 0 Å². The molecule has 2 aliphatic rings. The largest absolute Gasteiger partial charge is 0.0654 e. The molecule has 2 saturated carbocycles. The minimum atomic E-state index is 0.829. The highest BCUT2D eigenvalue weighted by molar-refractivity contribution is 5.28. The third-order valence-electron chi connectivity index (χ3n) is 8.72. The van der Waals surface area contributed by atoms with Gasteiger partial charge in [0.15, 0.2) is 0 Å². The number of benzene rings is 1. The Kier molecular flexibility index (Phi) is 10.3. The van der Waals surface area contributed by atoms with E-state index in [2.05, 4.69) is 45.0 Å². The Morgan fingerprint density at radius 3 is 1.67 bits per heavy atom. The molecule has 2 aliphatic carbocycles. The van der Waals surface area contributed by atoms with E-state index in [1.165, 1.54) is 103 Å². The summed E-state index contributed by atoms with van der Waals surface area (Å²) in [5.41, 5.74) is 3.26. The maximum absolute atomic E-state index is 2.50. The first kappa shape index (κ1) is 23.9. The molecule has 0 aliphatic heterocycles. The molecule has 0 heteroatoms. The van der Waals surface area contributed by atoms with Crippen molar-refractivity contribution in [2.75, 3.05) is 0 Å². The van der Waals surface area contributed by atoms with E-state index in [4.69, 9.17) is 0 Å². The van der Waals surface area contributed by atoms with Crippen molar-refractivity contribution < 1.29 is 0 Å². The van der Waals surface area contributed by atoms with Crippen molar-refractivity contribution in [2.24, 2.45) is 17.8 Å². The summed E-state index contributed by atoms with van der Waals surface area (Å²) in [4.78, 5) is 0. The molecule has 2 fully saturated rings. The van der Waals surface area contributed by atoms with Gasteiger partial charge in [-0.2, -0.15) is 0 Å². The van der Waals surface area contributed by atoms with E-state index >= 15 is 0 Å². The predicted molar refractivity (Wildman–Crippen MR) is 133 cm³/mol. The zero-order valence-electron chi connectivity index (χ0n) is 20.5. The Hall–Kier alpha value is -0.780. The molecule has 1 aromatic carbocycles. The number of hydrogen-bond acceptors (Lipinski definition) is 0. The first-order chi connectivity index (χ1) is 14.7. The molecule has 30 heavy (non-hydrogen) atoms. The summed E-state index contributed by atoms with van der Waals surface area (Å²) in [6, 6.07) is 9.98. The summed E-state index contributed by atoms with van der Waals surface area (Å²) in [5.74, 6) is 4.60. The molecule has 0 nitrogen and oxygen atoms in total. The minimum Gasteiger partial charge on any atom is -0.0654 e. The van der Waals surface area contributed by atoms with Crippen molar-refractivity contribution in [3.05, 3.63) is 35.4 Å². The van der Waals surface area contributed by atoms with Crippen molar-refractivity contribution in [1.82, 2.24) is 0 Å². The van der Waals surface area contributed by atoms with Crippen LogP contribution >= 0.6 is 0 Å². The summed E-state index contributed by atoms with van der Waals surface area (Å²) in [7, 11) is 0. The summed E-state index contributed by atoms with van der Waals surface area (Å²) in [5, 5.41) is 0. The second-order valence-electron chi connectivity index (χ2n) is 11.1. The minimum absolute atomic E-state index is 0.829. The van der Waals surface area contributed by atoms with Crippen molar-refractivity contribution in [3.63, 3.8) is 0 Å². The van der Waals surface area contributed by atoms with Crippen LogP contribution < -0.4 is 0 Å². The van der Waals surface area contributed by atoms with Gasteiger partial charge >= 0.3 is 0 Å². The van der Waals surface area contributed by atoms with Gasteiger partial charge in [0.1, 0.15) is 0 Å². The van der Waals surface area contributed by atoms with Crippen molar-refractivity contribution in [2.45, 2.75) is 135 Å². The van der Waals surface area contributed by atoms with Crippen LogP contribution in [0.3, 0.4) is 0 Å². The monoisotopic (exact) mass is 410 g/mol. The van der Waals surface area contributed by atoms with E-state index < -0.39 is 0 Å². The van der Waals surface area contributed by atoms with Gasteiger partial charge in [-0.05, 0) is 98.5 Å². The van der Waals surface area contributed by atoms with Crippen LogP contribution in [0, 0.1) is 17.8 Å². The lowest BCUT2D eigenvalue weighted by Gasteiger charge is -2.31. The molecule has 0 saturated heterocycles. The van der Waals surface area contributed by atoms with Crippen LogP contribution in [0.25, 0.3) is 0 Å². The third kappa shape index (κ3) is 7.42. The SMILES string of the molecule is CCCCCCC[C@H]1CC[C@H](c2ccc([C@H]3CC[C@H](CC(C)CC)CC3)cc2)CC1. The average Bonchev–Trinajstić information content (AvgIpc) is 2.80. The standard InChI is InChI=1S/C30H50/c1-4-6-7-8-9-10-25-11-15-27(16-12-25)29-19-21-30(22-20-29)28-17-13-26(14-18-28)23-24(3)5-2/h19-22,24-28H,4-18,23H2,1-3H3/t24?,25-,26-,27-,28-. The molecule has 0 radical (unpaired) electrons. The van der Waals surface area contributed by atoms with Crippen LogP contribution in [-0.2, 0) is 0 Å². The molecule has 1 aromatic rings. The van der Waals surface area contributed by atoms with Crippen LogP contribution in [0.4, 0.5) is 0 Å². The second-order valence-corrected chi connectivity index (χ2v) is 11.1. The predicted octanol–water partition coefficient (Wildman–Crippen LogP) is 10.0. The zero-order chi connectivity index (χ0) is 21.2. The maximum Gasteiger partial charge on any atom is -0.0162 e. The maximum atomic E-state index is 2.50. The number of unbranched alkanes of at least 4 members (excludes halogenated alkanes) is 4. The topological polar surface area (TPSA) is 0 Å². The first-order valence-corrected chi connectivity index (χ1v) is 13.8. The van der Waals surface area contributed by atoms with E-state index in [0.29, 0.717) is 0 Å². The van der Waals surface area contributed by atoms with Gasteiger partial charge in [0.2, 0.25) is 0 Å². The fourth-order valence-electron chi connectivity index (χ4n) is 6.33. The van der Waals surface area contributed by atoms with E-state index in [-0.39, 0.29) is 0 Å². The smallest absolute Gasteiger partial charge is 0.0162 e. The fourth-order valence-corrected chi connectivity index (χ4v) is 6.33. The summed E-state index contributed by atoms with van der Waals surface area (Å²) >= 11 is 0. The van der Waals surface area contributed by atoms with Gasteiger partial charge in [-0.15, -0.1) is 0 Å². The van der Waals surface area contributed by atoms with E-state index in [1.54, 1.807) is 11.1 Å². The Morgan fingerprint density at radius 1 is 0.667 bits per heavy atom. The van der Waals surface area contributed by atoms with Crippen LogP contribution in [0.1, 0.15) is 146 Å². The lowest BCUT2D eigenvalue weighted by atomic mass is 9.74. The van der Waals surface area contributed by atoms with Gasteiger partial charge in [0.05, 0.1) is 0 Å². The highest BCUT2D eigenvalue weighted by Crippen LogP contribution is 2.41. The zero-order valence-corrected chi connectivity index (χ0v) is 20.5. The summed E-state index contributed by atoms with van der Waals surface area (Å²) in [6.07, 6.45) is 23.1. The highest BCUT2D eigenvalue weighted by Gasteiger charge is 2.25. The van der Waals surface area contributed by atoms with Gasteiger partial charge in [0.25, 0.3) is 0 Å². The molecule has 170 valence electrons. The first-order valence-electron chi connectivity index (χ1n) is 13.8. The molecule has 0 heterocycles. The molecule has 0 N–H and O–H groups in total. The van der Waals surface area contributed by atoms with Gasteiger partial charge in [-0.1, -0.05) is 90.0 Å². The summed E-state index contributed by atoms with van der Waals surface area (Å²) < 4.78 is 0. The third-order valence-corrected chi connectivity index (χ3v) is 8.72. The molecular formula is C30H50.